The molecule has 0 unspecified atom stereocenters. The van der Waals surface area contributed by atoms with Crippen molar-refractivity contribution in [1.29, 1.82) is 0 Å². The molecule has 1 fully saturated rings. The number of amides is 9. The number of carbonyl (C=O) groups is 10. The zero-order valence-corrected chi connectivity index (χ0v) is 41.0. The number of carboxylic acids is 1. The van der Waals surface area contributed by atoms with E-state index in [4.69, 9.17) is 5.73 Å². The predicted octanol–water partition coefficient (Wildman–Crippen LogP) is -5.15. The van der Waals surface area contributed by atoms with E-state index in [-0.39, 0.29) is 38.6 Å². The van der Waals surface area contributed by atoms with E-state index in [0.717, 1.165) is 0 Å². The maximum absolute atomic E-state index is 13.9. The van der Waals surface area contributed by atoms with Gasteiger partial charge in [0.15, 0.2) is 0 Å². The van der Waals surface area contributed by atoms with Crippen molar-refractivity contribution in [2.45, 2.75) is 108 Å². The first-order valence-corrected chi connectivity index (χ1v) is 24.4. The topological polar surface area (TPSA) is 423 Å². The fraction of sp³-hybridized carbons (Fsp3) is 0.558. The van der Waals surface area contributed by atoms with Crippen LogP contribution in [0.4, 0.5) is 0 Å². The van der Waals surface area contributed by atoms with Gasteiger partial charge in [0, 0.05) is 61.5 Å². The monoisotopic (exact) mass is 1030 g/mol. The van der Waals surface area contributed by atoms with Gasteiger partial charge in [0.2, 0.25) is 53.2 Å². The number of imidazole rings is 3. The second-order valence-corrected chi connectivity index (χ2v) is 18.2. The second kappa shape index (κ2) is 28.4. The Labute approximate surface area is 417 Å². The van der Waals surface area contributed by atoms with Crippen LogP contribution in [-0.4, -0.2) is 191 Å². The summed E-state index contributed by atoms with van der Waals surface area (Å²) in [4.78, 5) is 153. The molecule has 15 N–H and O–H groups in total. The summed E-state index contributed by atoms with van der Waals surface area (Å²) in [5.41, 5.74) is 7.65. The maximum atomic E-state index is 13.9. The highest BCUT2D eigenvalue weighted by molar-refractivity contribution is 7.98. The smallest absolute Gasteiger partial charge is 0.328 e. The third-order valence-corrected chi connectivity index (χ3v) is 11.9. The third kappa shape index (κ3) is 17.8. The summed E-state index contributed by atoms with van der Waals surface area (Å²) in [5, 5.41) is 38.5. The first-order chi connectivity index (χ1) is 34.3. The average Bonchev–Trinajstić information content (AvgIpc) is 4.21. The number of nitrogens with zero attached hydrogens (tertiary/aromatic N) is 4. The van der Waals surface area contributed by atoms with Crippen LogP contribution in [0.2, 0.25) is 0 Å². The Hall–Kier alpha value is -7.40. The van der Waals surface area contributed by atoms with Crippen LogP contribution in [0.5, 0.6) is 0 Å². The number of aromatic amines is 3. The van der Waals surface area contributed by atoms with Gasteiger partial charge in [-0.25, -0.2) is 19.7 Å². The van der Waals surface area contributed by atoms with Crippen LogP contribution in [0.1, 0.15) is 57.1 Å². The molecule has 3 aromatic rings. The zero-order chi connectivity index (χ0) is 52.9. The lowest BCUT2D eigenvalue weighted by atomic mass is 10.0. The molecule has 9 amide bonds. The molecule has 1 aliphatic heterocycles. The largest absolute Gasteiger partial charge is 0.480 e. The van der Waals surface area contributed by atoms with Gasteiger partial charge >= 0.3 is 5.97 Å². The van der Waals surface area contributed by atoms with E-state index in [2.05, 4.69) is 72.4 Å². The minimum absolute atomic E-state index is 0.0516. The number of thioether (sulfide) groups is 1. The lowest BCUT2D eigenvalue weighted by Crippen LogP contribution is -2.59. The third-order valence-electron chi connectivity index (χ3n) is 11.3. The number of likely N-dealkylation sites (tertiary alicyclic amines) is 1. The van der Waals surface area contributed by atoms with Crippen molar-refractivity contribution >= 4 is 70.9 Å². The van der Waals surface area contributed by atoms with Gasteiger partial charge in [-0.3, -0.25) is 43.2 Å². The number of nitrogens with two attached hydrogens (primary N) is 1. The summed E-state index contributed by atoms with van der Waals surface area (Å²) < 4.78 is 0. The zero-order valence-electron chi connectivity index (χ0n) is 40.2. The molecule has 0 aliphatic carbocycles. The molecule has 0 bridgehead atoms. The molecule has 29 heteroatoms. The van der Waals surface area contributed by atoms with Gasteiger partial charge in [-0.15, -0.1) is 0 Å². The van der Waals surface area contributed by atoms with Crippen molar-refractivity contribution < 1.29 is 58.2 Å². The lowest BCUT2D eigenvalue weighted by Gasteiger charge is -2.31. The van der Waals surface area contributed by atoms with E-state index in [9.17, 15) is 58.2 Å². The van der Waals surface area contributed by atoms with Crippen molar-refractivity contribution in [2.24, 2.45) is 11.7 Å². The van der Waals surface area contributed by atoms with Crippen LogP contribution >= 0.6 is 11.8 Å². The second-order valence-electron chi connectivity index (χ2n) is 17.2. The molecule has 3 aromatic heterocycles. The van der Waals surface area contributed by atoms with Crippen molar-refractivity contribution in [1.82, 2.24) is 77.3 Å². The normalized spacial score (nSPS) is 16.2. The van der Waals surface area contributed by atoms with E-state index in [1.54, 1.807) is 20.1 Å². The highest BCUT2D eigenvalue weighted by atomic mass is 32.2. The van der Waals surface area contributed by atoms with Crippen LogP contribution in [0.15, 0.2) is 37.6 Å². The summed E-state index contributed by atoms with van der Waals surface area (Å²) in [6.45, 7) is 2.70. The molecule has 0 aromatic carbocycles. The summed E-state index contributed by atoms with van der Waals surface area (Å²) in [7, 11) is 0. The van der Waals surface area contributed by atoms with Crippen LogP contribution in [0.3, 0.4) is 0 Å². The van der Waals surface area contributed by atoms with E-state index < -0.39 is 133 Å². The van der Waals surface area contributed by atoms with Crippen LogP contribution in [0, 0.1) is 5.92 Å². The van der Waals surface area contributed by atoms with E-state index in [0.29, 0.717) is 29.3 Å². The number of aromatic nitrogens is 6. The summed E-state index contributed by atoms with van der Waals surface area (Å²) in [6, 6.07) is -9.72. The Balaban J connectivity index is 1.29. The molecule has 1 aliphatic rings. The quantitative estimate of drug-likeness (QED) is 0.0309. The Morgan fingerprint density at radius 3 is 1.74 bits per heavy atom. The molecule has 4 heterocycles. The van der Waals surface area contributed by atoms with Gasteiger partial charge in [-0.05, 0) is 44.1 Å². The molecule has 394 valence electrons. The molecular weight excluding hydrogens is 965 g/mol. The summed E-state index contributed by atoms with van der Waals surface area (Å²) in [5.74, 6) is -8.16. The van der Waals surface area contributed by atoms with Gasteiger partial charge < -0.3 is 78.3 Å². The fourth-order valence-corrected chi connectivity index (χ4v) is 7.82. The van der Waals surface area contributed by atoms with E-state index >= 15 is 0 Å². The first kappa shape index (κ1) is 57.2. The summed E-state index contributed by atoms with van der Waals surface area (Å²) >= 11 is 1.39. The van der Waals surface area contributed by atoms with Crippen molar-refractivity contribution in [3.05, 3.63) is 54.7 Å². The van der Waals surface area contributed by atoms with Gasteiger partial charge in [0.05, 0.1) is 44.7 Å². The maximum Gasteiger partial charge on any atom is 0.328 e. The predicted molar refractivity (Wildman–Crippen MR) is 255 cm³/mol. The molecule has 8 atom stereocenters. The van der Waals surface area contributed by atoms with Crippen molar-refractivity contribution in [3.63, 3.8) is 0 Å². The Bertz CT molecular complexity index is 2300. The molecule has 72 heavy (non-hydrogen) atoms. The van der Waals surface area contributed by atoms with E-state index in [1.165, 1.54) is 61.2 Å². The van der Waals surface area contributed by atoms with Gasteiger partial charge in [-0.1, -0.05) is 13.8 Å². The van der Waals surface area contributed by atoms with Crippen LogP contribution in [-0.2, 0) is 67.2 Å². The number of aliphatic hydroxyl groups is 1. The number of carboxylic acid groups (broad SMARTS) is 1. The number of aliphatic hydroxyl groups excluding tert-OH is 1. The van der Waals surface area contributed by atoms with Crippen LogP contribution in [0.25, 0.3) is 0 Å². The van der Waals surface area contributed by atoms with E-state index in [1.807, 2.05) is 0 Å². The molecule has 0 saturated carbocycles. The number of carbonyl (C=O) groups excluding carboxylic acids is 9. The fourth-order valence-electron chi connectivity index (χ4n) is 7.35. The Morgan fingerprint density at radius 2 is 1.21 bits per heavy atom. The van der Waals surface area contributed by atoms with Crippen molar-refractivity contribution in [3.8, 4) is 0 Å². The number of H-pyrrole nitrogens is 3. The minimum atomic E-state index is -1.59. The first-order valence-electron chi connectivity index (χ1n) is 23.0. The Kier molecular flexibility index (Phi) is 22.6. The molecular formula is C43H64N16O12S. The number of hydrogen-bond donors (Lipinski definition) is 14. The number of hydrogen-bond acceptors (Lipinski definition) is 16. The SMILES string of the molecule is CSCC[C@H](NC(=O)[C@@H]1CCCN1C(=O)[C@@H](NC(=O)CNC(=O)[C@H](C)NC(=O)CNC(=O)[C@H](Cc1cnc[nH]1)NC(=O)[C@H](Cc1cnc[nH]1)NC(=O)[C@@H](N)Cc1cnc[nH]1)C(C)C)C(=O)N[C@@H](CO)C(=O)O. The van der Waals surface area contributed by atoms with Gasteiger partial charge in [0.25, 0.3) is 0 Å². The van der Waals surface area contributed by atoms with Crippen LogP contribution < -0.4 is 48.3 Å². The molecule has 28 nitrogen and oxygen atoms in total. The number of nitrogens with one attached hydrogen (secondary N) is 11. The molecule has 4 rings (SSSR count). The number of aliphatic carboxylic acids is 1. The summed E-state index contributed by atoms with van der Waals surface area (Å²) in [6.07, 6.45) is 11.1. The van der Waals surface area contributed by atoms with Gasteiger partial charge in [-0.2, -0.15) is 11.8 Å². The van der Waals surface area contributed by atoms with Crippen molar-refractivity contribution in [2.75, 3.05) is 38.2 Å². The van der Waals surface area contributed by atoms with Gasteiger partial charge in [0.1, 0.15) is 42.3 Å². The molecule has 1 saturated heterocycles. The minimum Gasteiger partial charge on any atom is -0.480 e. The average molecular weight is 1030 g/mol. The molecule has 0 spiro atoms. The lowest BCUT2D eigenvalue weighted by molar-refractivity contribution is -0.144. The standard InChI is InChI=1S/C43H64N16O12S/c1-22(2)35(42(69)59-8-5-6-32(59)41(68)54-28(7-9-72-4)39(66)57-31(18-60)43(70)71)58-34(62)17-48-36(63)23(3)53-33(61)16-49-38(65)29(11-25-14-46-20-51-25)56-40(67)30(12-26-15-47-21-52-26)55-37(64)27(44)10-24-13-45-19-50-24/h13-15,19-23,27-32,35,60H,5-12,16-18,44H2,1-4H3,(H,45,50)(H,46,51)(H,47,52)(H,48,63)(H,49,65)(H,53,61)(H,54,68)(H,55,64)(H,56,67)(H,57,66)(H,58,62)(H,70,71)/t23-,27-,28-,29-,30-,31-,32-,35-/m0/s1. The number of rotatable bonds is 29. The highest BCUT2D eigenvalue weighted by Gasteiger charge is 2.40. The Morgan fingerprint density at radius 1 is 0.694 bits per heavy atom. The molecule has 0 radical (unpaired) electrons. The highest BCUT2D eigenvalue weighted by Crippen LogP contribution is 2.21.